The summed E-state index contributed by atoms with van der Waals surface area (Å²) in [6, 6.07) is 13.8. The predicted molar refractivity (Wildman–Crippen MR) is 75.7 cm³/mol. The Morgan fingerprint density at radius 1 is 0.952 bits per heavy atom. The molecule has 0 amide bonds. The molecule has 6 heteroatoms. The molecule has 0 bridgehead atoms. The summed E-state index contributed by atoms with van der Waals surface area (Å²) in [5, 5.41) is 11.3. The van der Waals surface area contributed by atoms with Crippen LogP contribution in [0.25, 0.3) is 11.0 Å². The van der Waals surface area contributed by atoms with Gasteiger partial charge in [0.15, 0.2) is 0 Å². The second-order valence-corrected chi connectivity index (χ2v) is 4.31. The van der Waals surface area contributed by atoms with E-state index in [0.717, 1.165) is 5.39 Å². The van der Waals surface area contributed by atoms with Gasteiger partial charge in [-0.3, -0.25) is 10.1 Å². The quantitative estimate of drug-likeness (QED) is 0.417. The fraction of sp³-hybridized carbons (Fsp3) is 0. The molecular weight excluding hydrogens is 274 g/mol. The zero-order valence-corrected chi connectivity index (χ0v) is 10.7. The number of nitro benzene ring substituents is 1. The molecule has 0 spiro atoms. The van der Waals surface area contributed by atoms with E-state index in [9.17, 15) is 14.9 Å². The van der Waals surface area contributed by atoms with E-state index in [2.05, 4.69) is 0 Å². The highest BCUT2D eigenvalue weighted by Crippen LogP contribution is 2.26. The maximum absolute atomic E-state index is 11.1. The van der Waals surface area contributed by atoms with E-state index >= 15 is 0 Å². The summed E-state index contributed by atoms with van der Waals surface area (Å²) in [4.78, 5) is 21.2. The van der Waals surface area contributed by atoms with Crippen LogP contribution in [-0.4, -0.2) is 4.92 Å². The van der Waals surface area contributed by atoms with Gasteiger partial charge in [0.2, 0.25) is 0 Å². The Labute approximate surface area is 118 Å². The second kappa shape index (κ2) is 5.09. The van der Waals surface area contributed by atoms with Crippen LogP contribution in [0.4, 0.5) is 5.69 Å². The summed E-state index contributed by atoms with van der Waals surface area (Å²) in [5.41, 5.74) is 0.0627. The van der Waals surface area contributed by atoms with Crippen molar-refractivity contribution in [3.63, 3.8) is 0 Å². The Hall–Kier alpha value is -3.15. The lowest BCUT2D eigenvalue weighted by atomic mass is 10.2. The average molecular weight is 283 g/mol. The molecule has 21 heavy (non-hydrogen) atoms. The van der Waals surface area contributed by atoms with E-state index in [4.69, 9.17) is 9.15 Å². The largest absolute Gasteiger partial charge is 0.457 e. The predicted octanol–water partition coefficient (Wildman–Crippen LogP) is 3.49. The van der Waals surface area contributed by atoms with Gasteiger partial charge in [0.25, 0.3) is 5.69 Å². The SMILES string of the molecule is O=c1ccc2cc(Oc3ccc([N+](=O)[O-])cc3)ccc2o1. The third-order valence-corrected chi connectivity index (χ3v) is 2.87. The second-order valence-electron chi connectivity index (χ2n) is 4.31. The number of fused-ring (bicyclic) bond motifs is 1. The number of rotatable bonds is 3. The molecule has 0 unspecified atom stereocenters. The van der Waals surface area contributed by atoms with Crippen molar-refractivity contribution < 1.29 is 14.1 Å². The molecule has 0 saturated carbocycles. The number of ether oxygens (including phenoxy) is 1. The molecule has 0 fully saturated rings. The van der Waals surface area contributed by atoms with Crippen molar-refractivity contribution in [2.45, 2.75) is 0 Å². The molecule has 0 aliphatic rings. The number of nitro groups is 1. The van der Waals surface area contributed by atoms with E-state index in [1.807, 2.05) is 0 Å². The van der Waals surface area contributed by atoms with Gasteiger partial charge in [0, 0.05) is 23.6 Å². The fourth-order valence-electron chi connectivity index (χ4n) is 1.89. The minimum atomic E-state index is -0.470. The smallest absolute Gasteiger partial charge is 0.336 e. The minimum Gasteiger partial charge on any atom is -0.457 e. The van der Waals surface area contributed by atoms with Crippen LogP contribution in [0.3, 0.4) is 0 Å². The van der Waals surface area contributed by atoms with Gasteiger partial charge in [0.05, 0.1) is 4.92 Å². The van der Waals surface area contributed by atoms with Crippen molar-refractivity contribution in [3.8, 4) is 11.5 Å². The number of hydrogen-bond donors (Lipinski definition) is 0. The van der Waals surface area contributed by atoms with E-state index in [-0.39, 0.29) is 5.69 Å². The minimum absolute atomic E-state index is 0.00244. The van der Waals surface area contributed by atoms with Crippen molar-refractivity contribution in [1.82, 2.24) is 0 Å². The summed E-state index contributed by atoms with van der Waals surface area (Å²) in [6.45, 7) is 0. The molecule has 0 saturated heterocycles. The fourth-order valence-corrected chi connectivity index (χ4v) is 1.89. The molecule has 0 N–H and O–H groups in total. The molecule has 0 aliphatic carbocycles. The van der Waals surface area contributed by atoms with Gasteiger partial charge in [-0.15, -0.1) is 0 Å². The van der Waals surface area contributed by atoms with Crippen molar-refractivity contribution in [2.75, 3.05) is 0 Å². The van der Waals surface area contributed by atoms with Gasteiger partial charge in [-0.25, -0.2) is 4.79 Å². The van der Waals surface area contributed by atoms with Crippen molar-refractivity contribution in [2.24, 2.45) is 0 Å². The van der Waals surface area contributed by atoms with Gasteiger partial charge >= 0.3 is 5.63 Å². The number of non-ortho nitro benzene ring substituents is 1. The Kier molecular flexibility index (Phi) is 3.12. The van der Waals surface area contributed by atoms with Crippen LogP contribution in [0.5, 0.6) is 11.5 Å². The van der Waals surface area contributed by atoms with Crippen LogP contribution in [0.1, 0.15) is 0 Å². The Morgan fingerprint density at radius 2 is 1.67 bits per heavy atom. The summed E-state index contributed by atoms with van der Waals surface area (Å²) in [5.74, 6) is 1.03. The van der Waals surface area contributed by atoms with Gasteiger partial charge in [-0.1, -0.05) is 0 Å². The van der Waals surface area contributed by atoms with Crippen molar-refractivity contribution in [1.29, 1.82) is 0 Å². The van der Waals surface area contributed by atoms with Crippen LogP contribution in [-0.2, 0) is 0 Å². The lowest BCUT2D eigenvalue weighted by molar-refractivity contribution is -0.384. The average Bonchev–Trinajstić information content (AvgIpc) is 2.48. The zero-order chi connectivity index (χ0) is 14.8. The van der Waals surface area contributed by atoms with Crippen LogP contribution >= 0.6 is 0 Å². The van der Waals surface area contributed by atoms with Crippen LogP contribution < -0.4 is 10.4 Å². The van der Waals surface area contributed by atoms with Crippen molar-refractivity contribution in [3.05, 3.63) is 75.1 Å². The molecule has 0 atom stereocenters. The first kappa shape index (κ1) is 12.9. The molecular formula is C15H9NO5. The highest BCUT2D eigenvalue weighted by molar-refractivity contribution is 5.78. The lowest BCUT2D eigenvalue weighted by Crippen LogP contribution is -1.94. The molecule has 3 rings (SSSR count). The third-order valence-electron chi connectivity index (χ3n) is 2.87. The van der Waals surface area contributed by atoms with Crippen LogP contribution in [0, 0.1) is 10.1 Å². The molecule has 0 radical (unpaired) electrons. The molecule has 104 valence electrons. The van der Waals surface area contributed by atoms with Gasteiger partial charge in [0.1, 0.15) is 17.1 Å². The maximum atomic E-state index is 11.1. The number of nitrogens with zero attached hydrogens (tertiary/aromatic N) is 1. The van der Waals surface area contributed by atoms with Gasteiger partial charge in [-0.2, -0.15) is 0 Å². The summed E-state index contributed by atoms with van der Waals surface area (Å²) in [7, 11) is 0. The Morgan fingerprint density at radius 3 is 2.38 bits per heavy atom. The van der Waals surface area contributed by atoms with E-state index in [1.165, 1.54) is 30.3 Å². The summed E-state index contributed by atoms with van der Waals surface area (Å²) in [6.07, 6.45) is 0. The van der Waals surface area contributed by atoms with Crippen LogP contribution in [0.2, 0.25) is 0 Å². The summed E-state index contributed by atoms with van der Waals surface area (Å²) < 4.78 is 10.6. The first-order valence-corrected chi connectivity index (χ1v) is 6.08. The Balaban J connectivity index is 1.89. The van der Waals surface area contributed by atoms with Gasteiger partial charge in [-0.05, 0) is 36.4 Å². The zero-order valence-electron chi connectivity index (χ0n) is 10.7. The molecule has 2 aromatic carbocycles. The monoisotopic (exact) mass is 283 g/mol. The standard InChI is InChI=1S/C15H9NO5/c17-15-8-1-10-9-13(6-7-14(10)21-15)20-12-4-2-11(3-5-12)16(18)19/h1-9H. The highest BCUT2D eigenvalue weighted by Gasteiger charge is 2.06. The molecule has 0 aliphatic heterocycles. The Bertz CT molecular complexity index is 867. The van der Waals surface area contributed by atoms with Crippen molar-refractivity contribution >= 4 is 16.7 Å². The number of benzene rings is 2. The van der Waals surface area contributed by atoms with E-state index < -0.39 is 10.5 Å². The van der Waals surface area contributed by atoms with Crippen LogP contribution in [0.15, 0.2) is 63.8 Å². The maximum Gasteiger partial charge on any atom is 0.336 e. The molecule has 1 aromatic heterocycles. The first-order chi connectivity index (χ1) is 10.1. The lowest BCUT2D eigenvalue weighted by Gasteiger charge is -2.06. The molecule has 3 aromatic rings. The first-order valence-electron chi connectivity index (χ1n) is 6.08. The number of hydrogen-bond acceptors (Lipinski definition) is 5. The van der Waals surface area contributed by atoms with E-state index in [1.54, 1.807) is 24.3 Å². The topological polar surface area (TPSA) is 82.6 Å². The molecule has 6 nitrogen and oxygen atoms in total. The normalized spacial score (nSPS) is 10.5. The third kappa shape index (κ3) is 2.74. The van der Waals surface area contributed by atoms with Gasteiger partial charge < -0.3 is 9.15 Å². The van der Waals surface area contributed by atoms with E-state index in [0.29, 0.717) is 17.1 Å². The molecule has 1 heterocycles. The summed E-state index contributed by atoms with van der Waals surface area (Å²) >= 11 is 0. The highest BCUT2D eigenvalue weighted by atomic mass is 16.6.